The molecular weight excluding hydrogens is 409 g/mol. The SMILES string of the molecule is Clc1cc(Cl)c2c(c1)[C@H](Oc1ccc(-n3cncn3)cc1)[C@@H](N1CCNCC1)C2. The van der Waals surface area contributed by atoms with Crippen LogP contribution in [0.3, 0.4) is 0 Å². The number of fused-ring (bicyclic) bond motifs is 1. The van der Waals surface area contributed by atoms with Crippen LogP contribution in [0.4, 0.5) is 0 Å². The summed E-state index contributed by atoms with van der Waals surface area (Å²) in [6, 6.07) is 11.9. The van der Waals surface area contributed by atoms with Gasteiger partial charge in [0, 0.05) is 41.8 Å². The second-order valence-electron chi connectivity index (χ2n) is 7.39. The molecule has 0 radical (unpaired) electrons. The van der Waals surface area contributed by atoms with E-state index in [1.807, 2.05) is 36.4 Å². The Morgan fingerprint density at radius 2 is 1.86 bits per heavy atom. The van der Waals surface area contributed by atoms with Crippen LogP contribution in [0.5, 0.6) is 5.75 Å². The maximum absolute atomic E-state index is 6.54. The van der Waals surface area contributed by atoms with Crippen molar-refractivity contribution >= 4 is 23.2 Å². The highest BCUT2D eigenvalue weighted by molar-refractivity contribution is 6.35. The summed E-state index contributed by atoms with van der Waals surface area (Å²) in [5.41, 5.74) is 3.17. The molecule has 1 aromatic heterocycles. The number of rotatable bonds is 4. The smallest absolute Gasteiger partial charge is 0.140 e. The lowest BCUT2D eigenvalue weighted by Crippen LogP contribution is -2.50. The maximum Gasteiger partial charge on any atom is 0.140 e. The summed E-state index contributed by atoms with van der Waals surface area (Å²) in [6.45, 7) is 3.96. The van der Waals surface area contributed by atoms with Crippen molar-refractivity contribution in [3.8, 4) is 11.4 Å². The van der Waals surface area contributed by atoms with E-state index in [9.17, 15) is 0 Å². The summed E-state index contributed by atoms with van der Waals surface area (Å²) in [7, 11) is 0. The quantitative estimate of drug-likeness (QED) is 0.687. The van der Waals surface area contributed by atoms with E-state index in [1.165, 1.54) is 6.33 Å². The number of hydrogen-bond acceptors (Lipinski definition) is 5. The predicted octanol–water partition coefficient (Wildman–Crippen LogP) is 3.52. The fraction of sp³-hybridized carbons (Fsp3) is 0.333. The molecule has 0 spiro atoms. The summed E-state index contributed by atoms with van der Waals surface area (Å²) in [4.78, 5) is 6.49. The Morgan fingerprint density at radius 1 is 1.07 bits per heavy atom. The molecule has 1 fully saturated rings. The van der Waals surface area contributed by atoms with Crippen LogP contribution in [0.1, 0.15) is 17.2 Å². The molecule has 8 heteroatoms. The van der Waals surface area contributed by atoms with Gasteiger partial charge in [-0.2, -0.15) is 5.10 Å². The van der Waals surface area contributed by atoms with E-state index in [4.69, 9.17) is 27.9 Å². The van der Waals surface area contributed by atoms with Crippen LogP contribution in [-0.4, -0.2) is 51.9 Å². The Kier molecular flexibility index (Phi) is 5.18. The van der Waals surface area contributed by atoms with Crippen LogP contribution in [0.15, 0.2) is 49.1 Å². The summed E-state index contributed by atoms with van der Waals surface area (Å²) < 4.78 is 8.25. The van der Waals surface area contributed by atoms with Gasteiger partial charge in [0.1, 0.15) is 24.5 Å². The maximum atomic E-state index is 6.54. The van der Waals surface area contributed by atoms with Gasteiger partial charge in [0.05, 0.1) is 11.7 Å². The molecule has 1 saturated heterocycles. The van der Waals surface area contributed by atoms with E-state index < -0.39 is 0 Å². The van der Waals surface area contributed by atoms with Crippen LogP contribution < -0.4 is 10.1 Å². The van der Waals surface area contributed by atoms with E-state index in [0.29, 0.717) is 5.02 Å². The molecule has 0 amide bonds. The van der Waals surface area contributed by atoms with Gasteiger partial charge in [-0.25, -0.2) is 9.67 Å². The first-order valence-electron chi connectivity index (χ1n) is 9.73. The molecule has 2 atom stereocenters. The average molecular weight is 430 g/mol. The average Bonchev–Trinajstić information content (AvgIpc) is 3.39. The molecule has 0 unspecified atom stereocenters. The van der Waals surface area contributed by atoms with Crippen molar-refractivity contribution in [2.75, 3.05) is 26.2 Å². The second kappa shape index (κ2) is 7.95. The summed E-state index contributed by atoms with van der Waals surface area (Å²) in [6.07, 6.45) is 3.95. The molecule has 1 aliphatic heterocycles. The number of benzene rings is 2. The minimum absolute atomic E-state index is 0.114. The number of hydrogen-bond donors (Lipinski definition) is 1. The zero-order valence-electron chi connectivity index (χ0n) is 15.8. The van der Waals surface area contributed by atoms with E-state index in [0.717, 1.165) is 60.2 Å². The van der Waals surface area contributed by atoms with E-state index in [2.05, 4.69) is 20.3 Å². The molecule has 3 aromatic rings. The Labute approximate surface area is 179 Å². The van der Waals surface area contributed by atoms with Crippen molar-refractivity contribution in [2.24, 2.45) is 0 Å². The lowest BCUT2D eigenvalue weighted by Gasteiger charge is -2.36. The fourth-order valence-electron chi connectivity index (χ4n) is 4.26. The van der Waals surface area contributed by atoms with Gasteiger partial charge in [0.25, 0.3) is 0 Å². The first-order valence-corrected chi connectivity index (χ1v) is 10.5. The van der Waals surface area contributed by atoms with Gasteiger partial charge < -0.3 is 10.1 Å². The predicted molar refractivity (Wildman–Crippen MR) is 113 cm³/mol. The minimum Gasteiger partial charge on any atom is -0.484 e. The zero-order chi connectivity index (χ0) is 19.8. The van der Waals surface area contributed by atoms with Gasteiger partial charge in [0.2, 0.25) is 0 Å². The topological polar surface area (TPSA) is 55.2 Å². The zero-order valence-corrected chi connectivity index (χ0v) is 17.3. The minimum atomic E-state index is -0.114. The summed E-state index contributed by atoms with van der Waals surface area (Å²) >= 11 is 12.9. The van der Waals surface area contributed by atoms with Crippen molar-refractivity contribution in [1.29, 1.82) is 0 Å². The molecule has 0 saturated carbocycles. The highest BCUT2D eigenvalue weighted by atomic mass is 35.5. The van der Waals surface area contributed by atoms with Crippen LogP contribution in [0.2, 0.25) is 10.0 Å². The van der Waals surface area contributed by atoms with Gasteiger partial charge in [-0.3, -0.25) is 4.90 Å². The van der Waals surface area contributed by atoms with Gasteiger partial charge in [-0.05, 0) is 48.4 Å². The van der Waals surface area contributed by atoms with E-state index >= 15 is 0 Å². The largest absolute Gasteiger partial charge is 0.484 e. The van der Waals surface area contributed by atoms with Crippen LogP contribution in [0.25, 0.3) is 5.69 Å². The first kappa shape index (κ1) is 18.9. The summed E-state index contributed by atoms with van der Waals surface area (Å²) in [5.74, 6) is 0.808. The monoisotopic (exact) mass is 429 g/mol. The molecule has 1 aliphatic carbocycles. The highest BCUT2D eigenvalue weighted by Gasteiger charge is 2.39. The van der Waals surface area contributed by atoms with Crippen LogP contribution in [-0.2, 0) is 6.42 Å². The first-order chi connectivity index (χ1) is 14.2. The van der Waals surface area contributed by atoms with Gasteiger partial charge >= 0.3 is 0 Å². The standard InChI is InChI=1S/C21H21Cl2N5O/c22-14-9-18-17(19(23)10-14)11-20(27-7-5-24-6-8-27)21(18)29-16-3-1-15(2-4-16)28-13-25-12-26-28/h1-4,9-10,12-13,20-21,24H,5-8,11H2/t20-,21-/m0/s1. The number of ether oxygens (including phenoxy) is 1. The van der Waals surface area contributed by atoms with Crippen molar-refractivity contribution < 1.29 is 4.74 Å². The molecule has 1 N–H and O–H groups in total. The van der Waals surface area contributed by atoms with Crippen molar-refractivity contribution in [2.45, 2.75) is 18.6 Å². The Balaban J connectivity index is 1.45. The number of piperazine rings is 1. The Hall–Kier alpha value is -2.12. The summed E-state index contributed by atoms with van der Waals surface area (Å²) in [5, 5.41) is 8.95. The third-order valence-corrected chi connectivity index (χ3v) is 6.22. The van der Waals surface area contributed by atoms with Gasteiger partial charge in [-0.1, -0.05) is 23.2 Å². The van der Waals surface area contributed by atoms with E-state index in [-0.39, 0.29) is 12.1 Å². The molecule has 5 rings (SSSR count). The third-order valence-electron chi connectivity index (χ3n) is 5.67. The van der Waals surface area contributed by atoms with Crippen molar-refractivity contribution in [3.63, 3.8) is 0 Å². The molecule has 2 heterocycles. The molecule has 2 aliphatic rings. The van der Waals surface area contributed by atoms with Gasteiger partial charge in [-0.15, -0.1) is 0 Å². The lowest BCUT2D eigenvalue weighted by molar-refractivity contribution is 0.0694. The Morgan fingerprint density at radius 3 is 2.59 bits per heavy atom. The third kappa shape index (κ3) is 3.73. The number of aromatic nitrogens is 3. The van der Waals surface area contributed by atoms with Crippen molar-refractivity contribution in [1.82, 2.24) is 25.0 Å². The second-order valence-corrected chi connectivity index (χ2v) is 8.23. The van der Waals surface area contributed by atoms with Crippen LogP contribution >= 0.6 is 23.2 Å². The number of nitrogens with zero attached hydrogens (tertiary/aromatic N) is 4. The Bertz CT molecular complexity index is 987. The normalized spacial score (nSPS) is 21.9. The van der Waals surface area contributed by atoms with Crippen LogP contribution in [0, 0.1) is 0 Å². The van der Waals surface area contributed by atoms with E-state index in [1.54, 1.807) is 11.0 Å². The molecule has 150 valence electrons. The number of nitrogens with one attached hydrogen (secondary N) is 1. The lowest BCUT2D eigenvalue weighted by atomic mass is 10.1. The highest BCUT2D eigenvalue weighted by Crippen LogP contribution is 2.42. The van der Waals surface area contributed by atoms with Gasteiger partial charge in [0.15, 0.2) is 0 Å². The molecule has 0 bridgehead atoms. The molecule has 2 aromatic carbocycles. The van der Waals surface area contributed by atoms with Crippen molar-refractivity contribution in [3.05, 3.63) is 70.2 Å². The molecule has 6 nitrogen and oxygen atoms in total. The number of halogens is 2. The fourth-order valence-corrected chi connectivity index (χ4v) is 4.84. The molecule has 29 heavy (non-hydrogen) atoms. The molecular formula is C21H21Cl2N5O.